The van der Waals surface area contributed by atoms with Gasteiger partial charge >= 0.3 is 5.97 Å². The quantitative estimate of drug-likeness (QED) is 0.703. The van der Waals surface area contributed by atoms with Gasteiger partial charge in [-0.3, -0.25) is 9.59 Å². The molecule has 0 saturated carbocycles. The maximum absolute atomic E-state index is 11.2. The summed E-state index contributed by atoms with van der Waals surface area (Å²) in [5.41, 5.74) is 4.72. The van der Waals surface area contributed by atoms with Crippen LogP contribution in [0.25, 0.3) is 0 Å². The van der Waals surface area contributed by atoms with Crippen LogP contribution in [0.2, 0.25) is 0 Å². The zero-order valence-corrected chi connectivity index (χ0v) is 9.73. The van der Waals surface area contributed by atoms with Crippen molar-refractivity contribution in [2.24, 2.45) is 5.73 Å². The third-order valence-corrected chi connectivity index (χ3v) is 2.12. The third kappa shape index (κ3) is 3.75. The van der Waals surface area contributed by atoms with Gasteiger partial charge in [-0.2, -0.15) is 0 Å². The molecule has 0 unspecified atom stereocenters. The van der Waals surface area contributed by atoms with Crippen LogP contribution in [-0.2, 0) is 4.79 Å². The number of nitrogens with two attached hydrogens (primary N) is 1. The van der Waals surface area contributed by atoms with Gasteiger partial charge in [-0.25, -0.2) is 4.98 Å². The van der Waals surface area contributed by atoms with E-state index in [1.165, 1.54) is 12.3 Å². The van der Waals surface area contributed by atoms with Crippen LogP contribution in [0.5, 0.6) is 0 Å². The molecular weight excluding hydrogens is 222 g/mol. The molecule has 0 aromatic carbocycles. The fourth-order valence-electron chi connectivity index (χ4n) is 1.45. The van der Waals surface area contributed by atoms with Crippen molar-refractivity contribution in [2.75, 3.05) is 5.32 Å². The SMILES string of the molecule is CC(C)(CC(=O)O)Nc1ncccc1C(N)=O. The fraction of sp³-hybridized carbons (Fsp3) is 0.364. The van der Waals surface area contributed by atoms with Crippen LogP contribution in [0.4, 0.5) is 5.82 Å². The van der Waals surface area contributed by atoms with Crippen LogP contribution in [0.1, 0.15) is 30.6 Å². The normalized spacial score (nSPS) is 10.9. The zero-order valence-electron chi connectivity index (χ0n) is 9.73. The summed E-state index contributed by atoms with van der Waals surface area (Å²) in [7, 11) is 0. The van der Waals surface area contributed by atoms with Crippen LogP contribution in [0.3, 0.4) is 0 Å². The van der Waals surface area contributed by atoms with E-state index in [-0.39, 0.29) is 12.0 Å². The molecule has 0 spiro atoms. The molecule has 92 valence electrons. The Balaban J connectivity index is 2.95. The maximum Gasteiger partial charge on any atom is 0.305 e. The van der Waals surface area contributed by atoms with Gasteiger partial charge in [-0.05, 0) is 26.0 Å². The van der Waals surface area contributed by atoms with E-state index < -0.39 is 17.4 Å². The van der Waals surface area contributed by atoms with Crippen molar-refractivity contribution in [3.8, 4) is 0 Å². The number of carboxylic acid groups (broad SMARTS) is 1. The number of nitrogens with one attached hydrogen (secondary N) is 1. The second kappa shape index (κ2) is 4.82. The zero-order chi connectivity index (χ0) is 13.1. The van der Waals surface area contributed by atoms with Gasteiger partial charge in [0.05, 0.1) is 12.0 Å². The number of nitrogens with zero attached hydrogens (tertiary/aromatic N) is 1. The minimum atomic E-state index is -0.931. The predicted molar refractivity (Wildman–Crippen MR) is 62.7 cm³/mol. The highest BCUT2D eigenvalue weighted by Gasteiger charge is 2.23. The first-order chi connectivity index (χ1) is 7.82. The Hall–Kier alpha value is -2.11. The summed E-state index contributed by atoms with van der Waals surface area (Å²) in [5.74, 6) is -1.24. The minimum Gasteiger partial charge on any atom is -0.481 e. The molecule has 0 atom stereocenters. The standard InChI is InChI=1S/C11H15N3O3/c1-11(2,6-8(15)16)14-10-7(9(12)17)4-3-5-13-10/h3-5H,6H2,1-2H3,(H2,12,17)(H,13,14)(H,15,16). The highest BCUT2D eigenvalue weighted by Crippen LogP contribution is 2.19. The van der Waals surface area contributed by atoms with Crippen molar-refractivity contribution in [2.45, 2.75) is 25.8 Å². The monoisotopic (exact) mass is 237 g/mol. The van der Waals surface area contributed by atoms with E-state index >= 15 is 0 Å². The van der Waals surface area contributed by atoms with Gasteiger partial charge in [0.2, 0.25) is 0 Å². The van der Waals surface area contributed by atoms with Crippen molar-refractivity contribution < 1.29 is 14.7 Å². The van der Waals surface area contributed by atoms with Crippen LogP contribution < -0.4 is 11.1 Å². The number of primary amides is 1. The van der Waals surface area contributed by atoms with Crippen molar-refractivity contribution >= 4 is 17.7 Å². The largest absolute Gasteiger partial charge is 0.481 e. The molecule has 0 aliphatic carbocycles. The summed E-state index contributed by atoms with van der Waals surface area (Å²) in [6, 6.07) is 3.13. The fourth-order valence-corrected chi connectivity index (χ4v) is 1.45. The molecule has 0 fully saturated rings. The van der Waals surface area contributed by atoms with Crippen LogP contribution in [0.15, 0.2) is 18.3 Å². The van der Waals surface area contributed by atoms with Gasteiger partial charge in [0.1, 0.15) is 5.82 Å². The Labute approximate surface area is 98.8 Å². The minimum absolute atomic E-state index is 0.0955. The topological polar surface area (TPSA) is 105 Å². The Morgan fingerprint density at radius 1 is 1.53 bits per heavy atom. The number of carbonyl (C=O) groups is 2. The first-order valence-electron chi connectivity index (χ1n) is 5.06. The van der Waals surface area contributed by atoms with Crippen LogP contribution >= 0.6 is 0 Å². The molecule has 1 amide bonds. The molecular formula is C11H15N3O3. The Morgan fingerprint density at radius 2 is 2.18 bits per heavy atom. The summed E-state index contributed by atoms with van der Waals surface area (Å²) >= 11 is 0. The second-order valence-electron chi connectivity index (χ2n) is 4.34. The Morgan fingerprint density at radius 3 is 2.71 bits per heavy atom. The number of carbonyl (C=O) groups excluding carboxylic acids is 1. The number of anilines is 1. The number of hydrogen-bond acceptors (Lipinski definition) is 4. The van der Waals surface area contributed by atoms with Gasteiger partial charge in [0.25, 0.3) is 5.91 Å². The summed E-state index contributed by atoms with van der Waals surface area (Å²) in [6.07, 6.45) is 1.41. The molecule has 0 radical (unpaired) electrons. The van der Waals surface area contributed by atoms with Gasteiger partial charge < -0.3 is 16.2 Å². The van der Waals surface area contributed by atoms with Crippen LogP contribution in [-0.4, -0.2) is 27.5 Å². The number of aromatic nitrogens is 1. The molecule has 0 saturated heterocycles. The first-order valence-corrected chi connectivity index (χ1v) is 5.06. The molecule has 17 heavy (non-hydrogen) atoms. The molecule has 0 aliphatic rings. The van der Waals surface area contributed by atoms with Crippen molar-refractivity contribution in [3.63, 3.8) is 0 Å². The molecule has 6 nitrogen and oxygen atoms in total. The first kappa shape index (κ1) is 13.0. The van der Waals surface area contributed by atoms with Crippen LogP contribution in [0, 0.1) is 0 Å². The molecule has 0 aliphatic heterocycles. The van der Waals surface area contributed by atoms with E-state index in [1.54, 1.807) is 19.9 Å². The number of aliphatic carboxylic acids is 1. The number of hydrogen-bond donors (Lipinski definition) is 3. The van der Waals surface area contributed by atoms with Gasteiger partial charge in [-0.15, -0.1) is 0 Å². The van der Waals surface area contributed by atoms with Gasteiger partial charge in [0.15, 0.2) is 0 Å². The number of rotatable bonds is 5. The maximum atomic E-state index is 11.2. The molecule has 4 N–H and O–H groups in total. The molecule has 0 bridgehead atoms. The van der Waals surface area contributed by atoms with E-state index in [0.717, 1.165) is 0 Å². The van der Waals surface area contributed by atoms with Gasteiger partial charge in [0, 0.05) is 11.7 Å². The Bertz CT molecular complexity index is 443. The third-order valence-electron chi connectivity index (χ3n) is 2.12. The smallest absolute Gasteiger partial charge is 0.305 e. The van der Waals surface area contributed by atoms with E-state index in [0.29, 0.717) is 5.82 Å². The number of pyridine rings is 1. The Kier molecular flexibility index (Phi) is 3.67. The van der Waals surface area contributed by atoms with Crippen molar-refractivity contribution in [1.29, 1.82) is 0 Å². The second-order valence-corrected chi connectivity index (χ2v) is 4.34. The van der Waals surface area contributed by atoms with E-state index in [1.807, 2.05) is 0 Å². The molecule has 1 aromatic rings. The highest BCUT2D eigenvalue weighted by molar-refractivity contribution is 5.97. The average molecular weight is 237 g/mol. The molecule has 6 heteroatoms. The highest BCUT2D eigenvalue weighted by atomic mass is 16.4. The lowest BCUT2D eigenvalue weighted by Gasteiger charge is -2.25. The lowest BCUT2D eigenvalue weighted by molar-refractivity contribution is -0.137. The average Bonchev–Trinajstić information content (AvgIpc) is 2.14. The predicted octanol–water partition coefficient (Wildman–Crippen LogP) is 0.846. The van der Waals surface area contributed by atoms with E-state index in [9.17, 15) is 9.59 Å². The van der Waals surface area contributed by atoms with Crippen molar-refractivity contribution in [3.05, 3.63) is 23.9 Å². The molecule has 1 rings (SSSR count). The molecule has 1 heterocycles. The van der Waals surface area contributed by atoms with Gasteiger partial charge in [-0.1, -0.05) is 0 Å². The lowest BCUT2D eigenvalue weighted by atomic mass is 10.0. The number of amides is 1. The van der Waals surface area contributed by atoms with E-state index in [2.05, 4.69) is 10.3 Å². The molecule has 1 aromatic heterocycles. The summed E-state index contributed by atoms with van der Waals surface area (Å²) in [4.78, 5) is 25.8. The van der Waals surface area contributed by atoms with E-state index in [4.69, 9.17) is 10.8 Å². The summed E-state index contributed by atoms with van der Waals surface area (Å²) < 4.78 is 0. The number of carboxylic acids is 1. The summed E-state index contributed by atoms with van der Waals surface area (Å²) in [6.45, 7) is 3.42. The lowest BCUT2D eigenvalue weighted by Crippen LogP contribution is -2.35. The van der Waals surface area contributed by atoms with Crippen molar-refractivity contribution in [1.82, 2.24) is 4.98 Å². The summed E-state index contributed by atoms with van der Waals surface area (Å²) in [5, 5.41) is 11.7.